The molecule has 0 unspecified atom stereocenters. The molecule has 2 rings (SSSR count). The van der Waals surface area contributed by atoms with Crippen LogP contribution in [-0.4, -0.2) is 76.5 Å². The molecule has 0 bridgehead atoms. The van der Waals surface area contributed by atoms with E-state index in [1.54, 1.807) is 0 Å². The number of rotatable bonds is 8. The van der Waals surface area contributed by atoms with Gasteiger partial charge in [0.1, 0.15) is 30.8 Å². The van der Waals surface area contributed by atoms with E-state index in [0.29, 0.717) is 0 Å². The van der Waals surface area contributed by atoms with Crippen molar-refractivity contribution in [2.24, 2.45) is 5.16 Å². The van der Waals surface area contributed by atoms with Gasteiger partial charge in [0.15, 0.2) is 26.9 Å². The van der Waals surface area contributed by atoms with Crippen molar-refractivity contribution >= 4 is 67.6 Å². The number of β-lactam (4-membered cyclic amide) rings is 1. The Kier molecular flexibility index (Phi) is 9.34. The molecule has 0 aromatic carbocycles. The van der Waals surface area contributed by atoms with Crippen molar-refractivity contribution in [1.82, 2.24) is 14.6 Å². The summed E-state index contributed by atoms with van der Waals surface area (Å²) in [5, 5.41) is 9.45. The molecule has 30 heavy (non-hydrogen) atoms. The largest absolute Gasteiger partial charge is 1.00 e. The van der Waals surface area contributed by atoms with Gasteiger partial charge in [-0.25, -0.2) is 17.7 Å². The minimum Gasteiger partial charge on any atom is -0.731 e. The average Bonchev–Trinajstić information content (AvgIpc) is 3.07. The monoisotopic (exact) mass is 489 g/mol. The number of carbonyl (C=O) groups excluding carboxylic acids is 4. The molecule has 0 saturated carbocycles. The smallest absolute Gasteiger partial charge is 0.731 e. The minimum absolute atomic E-state index is 0. The number of carbonyl (C=O) groups is 4. The van der Waals surface area contributed by atoms with E-state index in [-0.39, 0.29) is 50.6 Å². The Balaban J connectivity index is 0.00000450. The molecule has 13 nitrogen and oxygen atoms in total. The molecule has 3 amide bonds. The Morgan fingerprint density at radius 2 is 2.07 bits per heavy atom. The van der Waals surface area contributed by atoms with Crippen LogP contribution in [0, 0.1) is 0 Å². The van der Waals surface area contributed by atoms with Crippen LogP contribution in [0.25, 0.3) is 0 Å². The topological polar surface area (TPSA) is 187 Å². The van der Waals surface area contributed by atoms with E-state index in [2.05, 4.69) is 25.6 Å². The first-order chi connectivity index (χ1) is 13.5. The van der Waals surface area contributed by atoms with E-state index in [0.717, 1.165) is 25.4 Å². The standard InChI is InChI=1S/C13H14ClN5O8S2.Na/c1-5(20)10-9(12(23)19(10)29(24,25)26)17-11(22)8(18-27-2)6-4-28-13(15-6)16-7(21)3-14;/h4,9-10H,3H2,1-2H3,(H,17,22)(H,15,16,21)(H,24,25,26);/q;+1/p-1/b18-8-;/t9-,10+;/m1./s1. The van der Waals surface area contributed by atoms with Crippen molar-refractivity contribution in [3.63, 3.8) is 0 Å². The van der Waals surface area contributed by atoms with Gasteiger partial charge in [-0.15, -0.1) is 22.9 Å². The summed E-state index contributed by atoms with van der Waals surface area (Å²) in [5.41, 5.74) is -0.465. The fraction of sp³-hybridized carbons (Fsp3) is 0.385. The third-order valence-corrected chi connectivity index (χ3v) is 5.40. The van der Waals surface area contributed by atoms with Gasteiger partial charge in [-0.2, -0.15) is 0 Å². The first-order valence-corrected chi connectivity index (χ1v) is 10.3. The van der Waals surface area contributed by atoms with Crippen LogP contribution in [0.1, 0.15) is 12.6 Å². The molecule has 2 N–H and O–H groups in total. The van der Waals surface area contributed by atoms with Gasteiger partial charge in [-0.3, -0.25) is 19.2 Å². The third-order valence-electron chi connectivity index (χ3n) is 3.51. The molecule has 1 saturated heterocycles. The Morgan fingerprint density at radius 1 is 1.43 bits per heavy atom. The maximum atomic E-state index is 12.5. The molecule has 1 aromatic heterocycles. The van der Waals surface area contributed by atoms with Gasteiger partial charge in [-0.1, -0.05) is 5.16 Å². The number of halogens is 1. The van der Waals surface area contributed by atoms with Crippen molar-refractivity contribution in [2.45, 2.75) is 19.0 Å². The van der Waals surface area contributed by atoms with Crippen LogP contribution in [0.2, 0.25) is 0 Å². The number of hydrogen-bond acceptors (Lipinski definition) is 11. The summed E-state index contributed by atoms with van der Waals surface area (Å²) in [6, 6.07) is -3.26. The van der Waals surface area contributed by atoms with E-state index in [9.17, 15) is 32.1 Å². The number of alkyl halides is 1. The third kappa shape index (κ3) is 5.75. The number of amides is 3. The Labute approximate surface area is 201 Å². The van der Waals surface area contributed by atoms with Crippen LogP contribution in [-0.2, 0) is 34.3 Å². The number of anilines is 1. The summed E-state index contributed by atoms with van der Waals surface area (Å²) in [6.45, 7) is 0.963. The van der Waals surface area contributed by atoms with Crippen LogP contribution in [0.4, 0.5) is 5.13 Å². The van der Waals surface area contributed by atoms with Gasteiger partial charge >= 0.3 is 29.6 Å². The van der Waals surface area contributed by atoms with Crippen LogP contribution >= 0.6 is 22.9 Å². The van der Waals surface area contributed by atoms with Crippen molar-refractivity contribution in [1.29, 1.82) is 0 Å². The van der Waals surface area contributed by atoms with Gasteiger partial charge in [0.25, 0.3) is 11.8 Å². The van der Waals surface area contributed by atoms with Crippen LogP contribution < -0.4 is 40.2 Å². The van der Waals surface area contributed by atoms with Gasteiger partial charge in [0.05, 0.1) is 0 Å². The molecule has 0 radical (unpaired) electrons. The molecule has 17 heteroatoms. The van der Waals surface area contributed by atoms with E-state index in [4.69, 9.17) is 11.6 Å². The normalized spacial score (nSPS) is 18.7. The summed E-state index contributed by atoms with van der Waals surface area (Å²) in [6.07, 6.45) is 0. The Bertz CT molecular complexity index is 997. The van der Waals surface area contributed by atoms with E-state index >= 15 is 0 Å². The minimum atomic E-state index is -5.23. The van der Waals surface area contributed by atoms with E-state index in [1.807, 2.05) is 0 Å². The molecular weight excluding hydrogens is 477 g/mol. The SMILES string of the molecule is CO/N=C(\C(=O)N[C@H]1C(=O)N(S(=O)(=O)[O-])[C@H]1C(C)=O)c1csc(NC(=O)CCl)n1.[Na+]. The molecular formula is C13H13ClN5NaO8S2. The zero-order valence-electron chi connectivity index (χ0n) is 15.7. The predicted molar refractivity (Wildman–Crippen MR) is 98.0 cm³/mol. The molecule has 1 aliphatic rings. The van der Waals surface area contributed by atoms with E-state index < -0.39 is 51.6 Å². The van der Waals surface area contributed by atoms with Crippen LogP contribution in [0.3, 0.4) is 0 Å². The molecule has 2 atom stereocenters. The zero-order chi connectivity index (χ0) is 21.9. The fourth-order valence-electron chi connectivity index (χ4n) is 2.35. The number of ketones is 1. The predicted octanol–water partition coefficient (Wildman–Crippen LogP) is -4.58. The number of nitrogens with one attached hydrogen (secondary N) is 2. The number of nitrogens with zero attached hydrogens (tertiary/aromatic N) is 3. The maximum Gasteiger partial charge on any atom is 1.00 e. The van der Waals surface area contributed by atoms with Gasteiger partial charge in [0, 0.05) is 5.38 Å². The average molecular weight is 490 g/mol. The van der Waals surface area contributed by atoms with Crippen molar-refractivity contribution in [3.8, 4) is 0 Å². The molecule has 0 spiro atoms. The second-order valence-electron chi connectivity index (χ2n) is 5.44. The summed E-state index contributed by atoms with van der Waals surface area (Å²) < 4.78 is 33.3. The first kappa shape index (κ1) is 26.4. The van der Waals surface area contributed by atoms with E-state index in [1.165, 1.54) is 5.38 Å². The molecule has 1 aromatic rings. The van der Waals surface area contributed by atoms with Crippen molar-refractivity contribution in [2.75, 3.05) is 18.3 Å². The maximum absolute atomic E-state index is 12.5. The Hall–Kier alpha value is -1.62. The summed E-state index contributed by atoms with van der Waals surface area (Å²) >= 11 is 6.32. The number of thiazole rings is 1. The first-order valence-electron chi connectivity index (χ1n) is 7.54. The number of oxime groups is 1. The fourth-order valence-corrected chi connectivity index (χ4v) is 4.01. The molecule has 158 valence electrons. The van der Waals surface area contributed by atoms with Gasteiger partial charge in [-0.05, 0) is 6.92 Å². The summed E-state index contributed by atoms with van der Waals surface area (Å²) in [4.78, 5) is 56.0. The van der Waals surface area contributed by atoms with Gasteiger partial charge in [0.2, 0.25) is 5.91 Å². The van der Waals surface area contributed by atoms with Crippen LogP contribution in [0.5, 0.6) is 0 Å². The number of hydrogen-bond donors (Lipinski definition) is 2. The second kappa shape index (κ2) is 10.6. The van der Waals surface area contributed by atoms with Crippen molar-refractivity contribution < 1.29 is 66.5 Å². The molecule has 1 aliphatic heterocycles. The Morgan fingerprint density at radius 3 is 2.57 bits per heavy atom. The van der Waals surface area contributed by atoms with Crippen molar-refractivity contribution in [3.05, 3.63) is 11.1 Å². The van der Waals surface area contributed by atoms with Crippen LogP contribution in [0.15, 0.2) is 10.5 Å². The molecule has 0 aliphatic carbocycles. The molecule has 2 heterocycles. The quantitative estimate of drug-likeness (QED) is 0.0904. The second-order valence-corrected chi connectivity index (χ2v) is 7.81. The molecule has 1 fully saturated rings. The number of Topliss-reactive ketones (excluding diaryl/α,β-unsaturated/α-hetero) is 1. The summed E-state index contributed by atoms with van der Waals surface area (Å²) in [7, 11) is -4.09. The number of aromatic nitrogens is 1. The zero-order valence-corrected chi connectivity index (χ0v) is 20.1. The van der Waals surface area contributed by atoms with Gasteiger partial charge < -0.3 is 20.0 Å². The summed E-state index contributed by atoms with van der Waals surface area (Å²) in [5.74, 6) is -3.97.